The summed E-state index contributed by atoms with van der Waals surface area (Å²) in [5, 5.41) is 4.14. The van der Waals surface area contributed by atoms with Gasteiger partial charge in [0.05, 0.1) is 18.8 Å². The third-order valence-electron chi connectivity index (χ3n) is 2.86. The molecule has 1 heterocycles. The van der Waals surface area contributed by atoms with Crippen LogP contribution in [0.4, 0.5) is 13.2 Å². The first-order valence-electron chi connectivity index (χ1n) is 7.08. The summed E-state index contributed by atoms with van der Waals surface area (Å²) in [5.74, 6) is -0.342. The van der Waals surface area contributed by atoms with Crippen LogP contribution in [-0.2, 0) is 6.54 Å². The SMILES string of the molecule is CC(C)Oc1cc(-c2cnn(CCN)c2)ccc1OC(F)(F)F.Cl. The number of hydrogen-bond acceptors (Lipinski definition) is 4. The van der Waals surface area contributed by atoms with Crippen LogP contribution in [0.5, 0.6) is 11.5 Å². The molecule has 0 fully saturated rings. The number of nitrogens with zero attached hydrogens (tertiary/aromatic N) is 2. The lowest BCUT2D eigenvalue weighted by Gasteiger charge is -2.17. The number of alkyl halides is 3. The van der Waals surface area contributed by atoms with Gasteiger partial charge in [0.15, 0.2) is 11.5 Å². The molecule has 0 radical (unpaired) electrons. The first kappa shape index (κ1) is 20.1. The van der Waals surface area contributed by atoms with Crippen LogP contribution in [0.3, 0.4) is 0 Å². The van der Waals surface area contributed by atoms with Gasteiger partial charge in [0, 0.05) is 18.3 Å². The molecule has 2 rings (SSSR count). The average molecular weight is 366 g/mol. The standard InChI is InChI=1S/C15H18F3N3O2.ClH/c1-10(2)22-14-7-11(3-4-13(14)23-15(16,17)18)12-8-20-21(9-12)6-5-19;/h3-4,7-10H,5-6,19H2,1-2H3;1H. The fourth-order valence-electron chi connectivity index (χ4n) is 2.01. The fraction of sp³-hybridized carbons (Fsp3) is 0.400. The summed E-state index contributed by atoms with van der Waals surface area (Å²) in [7, 11) is 0. The molecule has 0 spiro atoms. The van der Waals surface area contributed by atoms with E-state index in [4.69, 9.17) is 10.5 Å². The minimum atomic E-state index is -4.78. The van der Waals surface area contributed by atoms with Crippen LogP contribution in [0, 0.1) is 0 Å². The lowest BCUT2D eigenvalue weighted by molar-refractivity contribution is -0.275. The van der Waals surface area contributed by atoms with Crippen LogP contribution in [-0.4, -0.2) is 28.8 Å². The molecule has 0 saturated heterocycles. The summed E-state index contributed by atoms with van der Waals surface area (Å²) in [6.07, 6.45) is -1.68. The first-order valence-corrected chi connectivity index (χ1v) is 7.08. The Balaban J connectivity index is 0.00000288. The van der Waals surface area contributed by atoms with Crippen molar-refractivity contribution in [1.29, 1.82) is 0 Å². The maximum Gasteiger partial charge on any atom is 0.573 e. The topological polar surface area (TPSA) is 62.3 Å². The number of nitrogens with two attached hydrogens (primary N) is 1. The van der Waals surface area contributed by atoms with Crippen LogP contribution in [0.2, 0.25) is 0 Å². The molecule has 0 aliphatic heterocycles. The van der Waals surface area contributed by atoms with E-state index in [1.807, 2.05) is 0 Å². The molecule has 0 atom stereocenters. The van der Waals surface area contributed by atoms with E-state index < -0.39 is 6.36 Å². The van der Waals surface area contributed by atoms with Crippen molar-refractivity contribution in [2.75, 3.05) is 6.54 Å². The summed E-state index contributed by atoms with van der Waals surface area (Å²) < 4.78 is 48.5. The molecule has 0 aliphatic carbocycles. The number of benzene rings is 1. The van der Waals surface area contributed by atoms with Gasteiger partial charge in [-0.15, -0.1) is 25.6 Å². The monoisotopic (exact) mass is 365 g/mol. The van der Waals surface area contributed by atoms with Gasteiger partial charge < -0.3 is 15.2 Å². The van der Waals surface area contributed by atoms with Gasteiger partial charge in [-0.05, 0) is 31.5 Å². The second kappa shape index (κ2) is 8.25. The zero-order valence-corrected chi connectivity index (χ0v) is 14.0. The molecule has 1 aromatic heterocycles. The van der Waals surface area contributed by atoms with Gasteiger partial charge in [-0.1, -0.05) is 6.07 Å². The Morgan fingerprint density at radius 2 is 1.92 bits per heavy atom. The molecular weight excluding hydrogens is 347 g/mol. The fourth-order valence-corrected chi connectivity index (χ4v) is 2.01. The Morgan fingerprint density at radius 1 is 1.21 bits per heavy atom. The average Bonchev–Trinajstić information content (AvgIpc) is 2.88. The van der Waals surface area contributed by atoms with E-state index in [-0.39, 0.29) is 30.0 Å². The van der Waals surface area contributed by atoms with E-state index in [2.05, 4.69) is 9.84 Å². The van der Waals surface area contributed by atoms with Crippen molar-refractivity contribution in [3.63, 3.8) is 0 Å². The Hall–Kier alpha value is -1.93. The Kier molecular flexibility index (Phi) is 6.92. The van der Waals surface area contributed by atoms with Gasteiger partial charge in [-0.3, -0.25) is 4.68 Å². The molecule has 0 saturated carbocycles. The van der Waals surface area contributed by atoms with Gasteiger partial charge in [0.1, 0.15) is 0 Å². The second-order valence-corrected chi connectivity index (χ2v) is 5.16. The van der Waals surface area contributed by atoms with Crippen molar-refractivity contribution >= 4 is 12.4 Å². The van der Waals surface area contributed by atoms with E-state index in [1.165, 1.54) is 18.2 Å². The molecule has 0 amide bonds. The van der Waals surface area contributed by atoms with E-state index in [1.54, 1.807) is 30.9 Å². The van der Waals surface area contributed by atoms with Gasteiger partial charge in [0.2, 0.25) is 0 Å². The smallest absolute Gasteiger partial charge is 0.487 e. The highest BCUT2D eigenvalue weighted by molar-refractivity contribution is 5.85. The van der Waals surface area contributed by atoms with Gasteiger partial charge >= 0.3 is 6.36 Å². The van der Waals surface area contributed by atoms with Crippen LogP contribution < -0.4 is 15.2 Å². The summed E-state index contributed by atoms with van der Waals surface area (Å²) >= 11 is 0. The van der Waals surface area contributed by atoms with E-state index >= 15 is 0 Å². The minimum absolute atomic E-state index is 0. The quantitative estimate of drug-likeness (QED) is 0.849. The highest BCUT2D eigenvalue weighted by atomic mass is 35.5. The van der Waals surface area contributed by atoms with Crippen LogP contribution >= 0.6 is 12.4 Å². The van der Waals surface area contributed by atoms with Crippen molar-refractivity contribution in [2.24, 2.45) is 5.73 Å². The molecule has 1 aromatic carbocycles. The number of aromatic nitrogens is 2. The van der Waals surface area contributed by atoms with Crippen molar-refractivity contribution in [3.8, 4) is 22.6 Å². The molecule has 0 unspecified atom stereocenters. The van der Waals surface area contributed by atoms with E-state index in [0.29, 0.717) is 18.7 Å². The van der Waals surface area contributed by atoms with Crippen molar-refractivity contribution in [1.82, 2.24) is 9.78 Å². The Bertz CT molecular complexity index is 660. The lowest BCUT2D eigenvalue weighted by Crippen LogP contribution is -2.18. The van der Waals surface area contributed by atoms with Crippen molar-refractivity contribution in [2.45, 2.75) is 32.9 Å². The maximum atomic E-state index is 12.5. The van der Waals surface area contributed by atoms with Crippen LogP contribution in [0.1, 0.15) is 13.8 Å². The summed E-state index contributed by atoms with van der Waals surface area (Å²) in [6.45, 7) is 4.46. The van der Waals surface area contributed by atoms with Crippen molar-refractivity contribution in [3.05, 3.63) is 30.6 Å². The maximum absolute atomic E-state index is 12.5. The zero-order chi connectivity index (χ0) is 17.0. The molecule has 2 aromatic rings. The molecule has 2 N–H and O–H groups in total. The predicted molar refractivity (Wildman–Crippen MR) is 86.4 cm³/mol. The number of hydrogen-bond donors (Lipinski definition) is 1. The largest absolute Gasteiger partial charge is 0.573 e. The molecular formula is C15H19ClF3N3O2. The van der Waals surface area contributed by atoms with Crippen LogP contribution in [0.15, 0.2) is 30.6 Å². The molecule has 0 aliphatic rings. The molecule has 5 nitrogen and oxygen atoms in total. The summed E-state index contributed by atoms with van der Waals surface area (Å²) in [6, 6.07) is 4.27. The zero-order valence-electron chi connectivity index (χ0n) is 13.2. The predicted octanol–water partition coefficient (Wildman–Crippen LogP) is 3.62. The molecule has 24 heavy (non-hydrogen) atoms. The normalized spacial score (nSPS) is 11.3. The number of rotatable bonds is 6. The van der Waals surface area contributed by atoms with Gasteiger partial charge in [-0.2, -0.15) is 5.10 Å². The Morgan fingerprint density at radius 3 is 2.50 bits per heavy atom. The summed E-state index contributed by atoms with van der Waals surface area (Å²) in [5.41, 5.74) is 6.90. The van der Waals surface area contributed by atoms with Gasteiger partial charge in [-0.25, -0.2) is 0 Å². The molecule has 134 valence electrons. The summed E-state index contributed by atoms with van der Waals surface area (Å²) in [4.78, 5) is 0. The molecule has 0 bridgehead atoms. The highest BCUT2D eigenvalue weighted by Gasteiger charge is 2.32. The number of halogens is 4. The molecule has 9 heteroatoms. The van der Waals surface area contributed by atoms with E-state index in [0.717, 1.165) is 5.56 Å². The second-order valence-electron chi connectivity index (χ2n) is 5.16. The van der Waals surface area contributed by atoms with Gasteiger partial charge in [0.25, 0.3) is 0 Å². The lowest BCUT2D eigenvalue weighted by atomic mass is 10.1. The third kappa shape index (κ3) is 5.61. The van der Waals surface area contributed by atoms with E-state index in [9.17, 15) is 13.2 Å². The Labute approximate surface area is 144 Å². The highest BCUT2D eigenvalue weighted by Crippen LogP contribution is 2.36. The number of ether oxygens (including phenoxy) is 2. The third-order valence-corrected chi connectivity index (χ3v) is 2.86. The van der Waals surface area contributed by atoms with Crippen LogP contribution in [0.25, 0.3) is 11.1 Å². The van der Waals surface area contributed by atoms with Crippen molar-refractivity contribution < 1.29 is 22.6 Å². The minimum Gasteiger partial charge on any atom is -0.487 e. The first-order chi connectivity index (χ1) is 10.8.